The van der Waals surface area contributed by atoms with Gasteiger partial charge in [0.25, 0.3) is 5.69 Å². The Morgan fingerprint density at radius 1 is 1.25 bits per heavy atom. The zero-order valence-corrected chi connectivity index (χ0v) is 14.3. The predicted octanol–water partition coefficient (Wildman–Crippen LogP) is -1.03. The first-order valence-corrected chi connectivity index (χ1v) is 8.24. The van der Waals surface area contributed by atoms with Crippen molar-refractivity contribution in [3.8, 4) is 0 Å². The number of hydrogen-bond acceptors (Lipinski definition) is 9. The van der Waals surface area contributed by atoms with E-state index in [-0.39, 0.29) is 17.1 Å². The van der Waals surface area contributed by atoms with E-state index in [0.29, 0.717) is 0 Å². The maximum absolute atomic E-state index is 12.3. The highest BCUT2D eigenvalue weighted by Gasteiger charge is 2.76. The van der Waals surface area contributed by atoms with Gasteiger partial charge in [-0.1, -0.05) is 0 Å². The summed E-state index contributed by atoms with van der Waals surface area (Å²) in [5.41, 5.74) is -1.67. The van der Waals surface area contributed by atoms with Gasteiger partial charge in [-0.15, -0.1) is 0 Å². The average molecular weight is 388 g/mol. The number of rotatable bonds is 4. The lowest BCUT2D eigenvalue weighted by atomic mass is 9.65. The Kier molecular flexibility index (Phi) is 3.71. The summed E-state index contributed by atoms with van der Waals surface area (Å²) in [7, 11) is 0. The van der Waals surface area contributed by atoms with E-state index in [1.807, 2.05) is 0 Å². The third-order valence-corrected chi connectivity index (χ3v) is 5.33. The van der Waals surface area contributed by atoms with Crippen molar-refractivity contribution < 1.29 is 25.0 Å². The molecule has 2 aliphatic rings. The van der Waals surface area contributed by atoms with E-state index in [2.05, 4.69) is 4.98 Å². The third kappa shape index (κ3) is 2.01. The average Bonchev–Trinajstić information content (AvgIpc) is 2.79. The molecular formula is C17H16N4O7. The van der Waals surface area contributed by atoms with Gasteiger partial charge in [0, 0.05) is 18.3 Å². The number of nitro benzene ring substituents is 1. The number of nitro groups is 1. The number of aliphatic hydroxyl groups excluding tert-OH is 1. The molecule has 0 unspecified atom stereocenters. The number of anilines is 1. The molecule has 2 heterocycles. The zero-order chi connectivity index (χ0) is 20.3. The minimum atomic E-state index is -2.20. The second-order valence-corrected chi connectivity index (χ2v) is 6.66. The molecule has 1 aliphatic carbocycles. The highest BCUT2D eigenvalue weighted by atomic mass is 16.6. The molecule has 4 rings (SSSR count). The minimum absolute atomic E-state index is 0.0353. The van der Waals surface area contributed by atoms with Gasteiger partial charge in [0.2, 0.25) is 5.72 Å². The maximum atomic E-state index is 12.3. The maximum Gasteiger partial charge on any atom is 0.352 e. The molecule has 0 bridgehead atoms. The monoisotopic (exact) mass is 388 g/mol. The summed E-state index contributed by atoms with van der Waals surface area (Å²) in [6.45, 7) is -0.698. The van der Waals surface area contributed by atoms with Crippen LogP contribution in [0.25, 0.3) is 0 Å². The van der Waals surface area contributed by atoms with Gasteiger partial charge in [0.15, 0.2) is 11.2 Å². The van der Waals surface area contributed by atoms with Crippen LogP contribution in [0, 0.1) is 10.1 Å². The fourth-order valence-corrected chi connectivity index (χ4v) is 3.86. The van der Waals surface area contributed by atoms with Gasteiger partial charge in [0.1, 0.15) is 11.9 Å². The molecule has 0 amide bonds. The lowest BCUT2D eigenvalue weighted by Crippen LogP contribution is -2.67. The van der Waals surface area contributed by atoms with Crippen LogP contribution < -0.4 is 11.4 Å². The first kappa shape index (κ1) is 18.3. The molecule has 11 heteroatoms. The van der Waals surface area contributed by atoms with Crippen LogP contribution in [0.2, 0.25) is 0 Å². The molecule has 0 radical (unpaired) electrons. The van der Waals surface area contributed by atoms with Crippen molar-refractivity contribution in [1.29, 1.82) is 0 Å². The Morgan fingerprint density at radius 2 is 1.93 bits per heavy atom. The SMILES string of the molecule is Nc1ccn([C@@]23C=C[C@@]2(O)[C@@](O)(c2ccc([N+](=O)[O-])cc2)[C@@H](CO)O3)c(=O)n1. The molecule has 4 atom stereocenters. The lowest BCUT2D eigenvalue weighted by molar-refractivity contribution is -0.384. The van der Waals surface area contributed by atoms with Gasteiger partial charge >= 0.3 is 5.69 Å². The quantitative estimate of drug-likeness (QED) is 0.290. The van der Waals surface area contributed by atoms with Crippen molar-refractivity contribution in [2.45, 2.75) is 23.0 Å². The summed E-state index contributed by atoms with van der Waals surface area (Å²) >= 11 is 0. The van der Waals surface area contributed by atoms with Crippen molar-refractivity contribution in [3.63, 3.8) is 0 Å². The van der Waals surface area contributed by atoms with E-state index in [1.165, 1.54) is 36.5 Å². The second kappa shape index (κ2) is 5.69. The fourth-order valence-electron chi connectivity index (χ4n) is 3.86. The minimum Gasteiger partial charge on any atom is -0.394 e. The smallest absolute Gasteiger partial charge is 0.352 e. The summed E-state index contributed by atoms with van der Waals surface area (Å²) in [4.78, 5) is 26.2. The Balaban J connectivity index is 1.88. The first-order valence-electron chi connectivity index (χ1n) is 8.24. The number of nitrogen functional groups attached to an aromatic ring is 1. The number of nitrogens with two attached hydrogens (primary N) is 1. The molecule has 1 fully saturated rings. The van der Waals surface area contributed by atoms with Crippen LogP contribution in [-0.2, 0) is 16.1 Å². The number of fused-ring (bicyclic) bond motifs is 1. The molecule has 146 valence electrons. The standard InChI is InChI=1S/C17H16N4O7/c18-13-5-8-20(14(23)19-13)16-7-6-15(16,24)17(25,12(9-22)28-16)10-1-3-11(4-2-10)21(26)27/h1-8,12,22,24-25H,9H2,(H2,18,19,23)/t12-,15+,16-,17-/m1/s1. The van der Waals surface area contributed by atoms with E-state index in [1.54, 1.807) is 0 Å². The van der Waals surface area contributed by atoms with E-state index in [9.17, 15) is 30.2 Å². The third-order valence-electron chi connectivity index (χ3n) is 5.33. The van der Waals surface area contributed by atoms with Crippen molar-refractivity contribution in [2.24, 2.45) is 0 Å². The molecule has 0 spiro atoms. The van der Waals surface area contributed by atoms with Gasteiger partial charge in [-0.3, -0.25) is 14.7 Å². The van der Waals surface area contributed by atoms with Crippen molar-refractivity contribution in [2.75, 3.05) is 12.3 Å². The topological polar surface area (TPSA) is 174 Å². The molecule has 1 aromatic heterocycles. The van der Waals surface area contributed by atoms with E-state index < -0.39 is 40.3 Å². The Morgan fingerprint density at radius 3 is 2.43 bits per heavy atom. The van der Waals surface area contributed by atoms with Crippen LogP contribution in [0.5, 0.6) is 0 Å². The Hall–Kier alpha value is -3.12. The largest absolute Gasteiger partial charge is 0.394 e. The number of non-ortho nitro benzene ring substituents is 1. The van der Waals surface area contributed by atoms with Gasteiger partial charge in [-0.25, -0.2) is 4.79 Å². The molecule has 5 N–H and O–H groups in total. The molecule has 2 aromatic rings. The highest BCUT2D eigenvalue weighted by Crippen LogP contribution is 2.60. The summed E-state index contributed by atoms with van der Waals surface area (Å²) in [5.74, 6) is -0.0353. The molecule has 11 nitrogen and oxygen atoms in total. The molecular weight excluding hydrogens is 372 g/mol. The fraction of sp³-hybridized carbons (Fsp3) is 0.294. The van der Waals surface area contributed by atoms with E-state index in [4.69, 9.17) is 10.5 Å². The number of nitrogens with zero attached hydrogens (tertiary/aromatic N) is 3. The van der Waals surface area contributed by atoms with Crippen LogP contribution >= 0.6 is 0 Å². The number of aliphatic hydroxyl groups is 3. The van der Waals surface area contributed by atoms with Gasteiger partial charge in [0.05, 0.1) is 11.5 Å². The summed E-state index contributed by atoms with van der Waals surface area (Å²) < 4.78 is 6.73. The molecule has 1 saturated heterocycles. The summed E-state index contributed by atoms with van der Waals surface area (Å²) in [5, 5.41) is 43.5. The number of ether oxygens (including phenoxy) is 1. The highest BCUT2D eigenvalue weighted by molar-refractivity contribution is 5.47. The molecule has 28 heavy (non-hydrogen) atoms. The Bertz CT molecular complexity index is 1050. The van der Waals surface area contributed by atoms with Crippen LogP contribution in [0.1, 0.15) is 5.56 Å². The molecule has 0 saturated carbocycles. The predicted molar refractivity (Wildman–Crippen MR) is 93.9 cm³/mol. The zero-order valence-electron chi connectivity index (χ0n) is 14.3. The van der Waals surface area contributed by atoms with Crippen molar-refractivity contribution in [3.05, 3.63) is 74.8 Å². The normalized spacial score (nSPS) is 33.3. The Labute approximate surface area is 157 Å². The van der Waals surface area contributed by atoms with E-state index in [0.717, 1.165) is 16.7 Å². The van der Waals surface area contributed by atoms with Crippen molar-refractivity contribution >= 4 is 11.5 Å². The lowest BCUT2D eigenvalue weighted by Gasteiger charge is -2.49. The summed E-state index contributed by atoms with van der Waals surface area (Å²) in [6.07, 6.45) is 2.51. The van der Waals surface area contributed by atoms with Crippen LogP contribution in [0.4, 0.5) is 11.5 Å². The number of benzene rings is 1. The van der Waals surface area contributed by atoms with Crippen LogP contribution in [0.3, 0.4) is 0 Å². The van der Waals surface area contributed by atoms with Gasteiger partial charge < -0.3 is 25.8 Å². The number of hydrogen-bond donors (Lipinski definition) is 4. The molecule has 1 aliphatic heterocycles. The van der Waals surface area contributed by atoms with E-state index >= 15 is 0 Å². The van der Waals surface area contributed by atoms with Gasteiger partial charge in [-0.2, -0.15) is 4.98 Å². The van der Waals surface area contributed by atoms with Crippen LogP contribution in [0.15, 0.2) is 53.5 Å². The van der Waals surface area contributed by atoms with Crippen molar-refractivity contribution in [1.82, 2.24) is 9.55 Å². The number of aromatic nitrogens is 2. The molecule has 1 aromatic carbocycles. The summed E-state index contributed by atoms with van der Waals surface area (Å²) in [6, 6.07) is 6.15. The van der Waals surface area contributed by atoms with Crippen LogP contribution in [-0.4, -0.2) is 48.1 Å². The van der Waals surface area contributed by atoms with Gasteiger partial charge in [-0.05, 0) is 35.9 Å². The first-order chi connectivity index (χ1) is 13.2. The second-order valence-electron chi connectivity index (χ2n) is 6.66.